The molecule has 18 atom stereocenters. The van der Waals surface area contributed by atoms with Crippen LogP contribution in [0.4, 0.5) is 0 Å². The topological polar surface area (TPSA) is 637 Å². The summed E-state index contributed by atoms with van der Waals surface area (Å²) in [6, 6.07) is 6.53. The molecule has 2 heterocycles. The summed E-state index contributed by atoms with van der Waals surface area (Å²) in [5, 5.41) is 54.2. The monoisotopic (exact) mass is 2070 g/mol. The molecule has 0 spiro atoms. The van der Waals surface area contributed by atoms with E-state index in [1.165, 1.54) is 39.8 Å². The summed E-state index contributed by atoms with van der Waals surface area (Å²) in [5.74, 6) is -11.1. The number of aliphatic hydroxyl groups excluding tert-OH is 1. The summed E-state index contributed by atoms with van der Waals surface area (Å²) in [6.45, 7) is 25.0. The Kier molecular flexibility index (Phi) is 56.6. The molecule has 1 aromatic heterocycles. The molecule has 0 saturated carbocycles. The van der Waals surface area contributed by atoms with Gasteiger partial charge < -0.3 is 74.5 Å². The van der Waals surface area contributed by atoms with Gasteiger partial charge in [0.2, 0.25) is 41.1 Å². The zero-order valence-corrected chi connectivity index (χ0v) is 89.1. The van der Waals surface area contributed by atoms with Crippen molar-refractivity contribution < 1.29 is 101 Å². The fraction of sp³-hybridized carbons (Fsp3) is 0.617. The lowest BCUT2D eigenvalue weighted by atomic mass is 9.86. The van der Waals surface area contributed by atoms with Gasteiger partial charge in [0, 0.05) is 88.9 Å². The molecule has 1 aliphatic rings. The first kappa shape index (κ1) is 127. The van der Waals surface area contributed by atoms with Crippen LogP contribution >= 0.6 is 0 Å². The van der Waals surface area contributed by atoms with E-state index in [0.717, 1.165) is 10.9 Å². The van der Waals surface area contributed by atoms with Crippen molar-refractivity contribution in [2.75, 3.05) is 45.9 Å². The Balaban J connectivity index is 1.41. The number of allylic oxidation sites excluding steroid dienone is 2. The summed E-state index contributed by atoms with van der Waals surface area (Å²) >= 11 is 0. The zero-order valence-electron chi connectivity index (χ0n) is 89.1. The van der Waals surface area contributed by atoms with Crippen LogP contribution in [0.3, 0.4) is 0 Å². The Morgan fingerprint density at radius 1 is 0.493 bits per heavy atom. The third-order valence-corrected chi connectivity index (χ3v) is 26.8. The number of fused-ring (bicyclic) bond motifs is 1. The maximum Gasteiger partial charge on any atom is 0.243 e. The number of hydrogen-bond acceptors (Lipinski definition) is 35. The van der Waals surface area contributed by atoms with Crippen molar-refractivity contribution in [3.63, 3.8) is 0 Å². The molecule has 41 heteroatoms. The first-order chi connectivity index (χ1) is 69.9. The van der Waals surface area contributed by atoms with Gasteiger partial charge in [-0.15, -0.1) is 0 Å². The summed E-state index contributed by atoms with van der Waals surface area (Å²) in [7, 11) is 0. The highest BCUT2D eigenvalue weighted by atomic mass is 16.3. The average Bonchev–Trinajstić information content (AvgIpc) is 1.52. The minimum absolute atomic E-state index is 0.0335. The molecule has 5 amide bonds. The molecular weight excluding hydrogens is 1900 g/mol. The Hall–Kier alpha value is -11.1. The Morgan fingerprint density at radius 3 is 1.55 bits per heavy atom. The minimum atomic E-state index is -1.79. The number of nitrogens with one attached hydrogen (secondary N) is 18. The van der Waals surface area contributed by atoms with Gasteiger partial charge in [-0.2, -0.15) is 0 Å². The quantitative estimate of drug-likeness (QED) is 0.00992. The number of carbonyl (C=O) groups is 19. The van der Waals surface area contributed by atoms with E-state index in [2.05, 4.69) is 96.0 Å². The number of Topliss-reactive ketones (excluding diaryl/α,β-unsaturated/α-hetero) is 14. The van der Waals surface area contributed by atoms with E-state index in [9.17, 15) is 96.5 Å². The molecule has 0 bridgehead atoms. The second-order valence-electron chi connectivity index (χ2n) is 40.6. The van der Waals surface area contributed by atoms with Crippen molar-refractivity contribution >= 4 is 121 Å². The number of amides is 5. The first-order valence-corrected chi connectivity index (χ1v) is 51.9. The highest BCUT2D eigenvalue weighted by molar-refractivity contribution is 6.41. The van der Waals surface area contributed by atoms with E-state index < -0.39 is 222 Å². The molecule has 0 fully saturated rings. The van der Waals surface area contributed by atoms with E-state index in [1.807, 2.05) is 64.1 Å². The van der Waals surface area contributed by atoms with Gasteiger partial charge in [-0.05, 0) is 200 Å². The normalized spacial score (nSPS) is 21.9. The number of aromatic nitrogens is 1. The van der Waals surface area contributed by atoms with E-state index in [-0.39, 0.29) is 163 Å². The van der Waals surface area contributed by atoms with Crippen molar-refractivity contribution in [3.05, 3.63) is 114 Å². The fourth-order valence-electron chi connectivity index (χ4n) is 16.6. The number of hydrazine groups is 3. The van der Waals surface area contributed by atoms with Crippen molar-refractivity contribution in [2.24, 2.45) is 23.3 Å². The number of benzene rings is 3. The molecule has 5 rings (SSSR count). The second kappa shape index (κ2) is 65.8. The van der Waals surface area contributed by atoms with E-state index in [0.29, 0.717) is 61.6 Å². The highest BCUT2D eigenvalue weighted by Crippen LogP contribution is 2.25. The molecule has 148 heavy (non-hydrogen) atoms. The fourth-order valence-corrected chi connectivity index (χ4v) is 16.6. The lowest BCUT2D eigenvalue weighted by Crippen LogP contribution is -2.63. The Morgan fingerprint density at radius 2 is 1.00 bits per heavy atom. The highest BCUT2D eigenvalue weighted by Gasteiger charge is 2.42. The van der Waals surface area contributed by atoms with E-state index >= 15 is 4.79 Å². The Labute approximate surface area is 869 Å². The smallest absolute Gasteiger partial charge is 0.243 e. The van der Waals surface area contributed by atoms with Crippen molar-refractivity contribution in [3.8, 4) is 5.75 Å². The van der Waals surface area contributed by atoms with E-state index in [4.69, 9.17) is 11.5 Å². The SMILES string of the molecule is CC(=O)N[C@@H](CC(C)C)C(=O)N[C@H](C(=O)C(=O)[C@H](Cc1ccccc1)NN[C@]1(C)CCCCCCC=CCCC[C@@](C)(C(=O)CN[C@@H](C)C(=O)CCN[C@@H](C)C(=O)CCC(=O)[C@H](C)NCCC(=O)[C@H](C)NCCC(=O)[C@H](C)NCN[C@H](C)C(N)=O)NC(=O)[C@H](CC(C)C)NN[C@@H](CCC(N)=O)C(=O)CN[C@@H](C)C(=O)CC(=O)[C@H](Cc2c[nH]c3ccccc23)NN[C@@H](Cc2ccc(O)cc2)C(=O)CN[C@@H](C)C(=O)CC1=O)[C@@H](C)O. The summed E-state index contributed by atoms with van der Waals surface area (Å²) in [6.07, 6.45) is 5.93. The summed E-state index contributed by atoms with van der Waals surface area (Å²) < 4.78 is 0. The van der Waals surface area contributed by atoms with E-state index in [1.54, 1.807) is 104 Å². The van der Waals surface area contributed by atoms with Crippen LogP contribution in [0, 0.1) is 11.8 Å². The van der Waals surface area contributed by atoms with Crippen LogP contribution in [-0.4, -0.2) is 279 Å². The number of nitrogens with two attached hydrogens (primary N) is 2. The molecule has 1 aliphatic heterocycles. The Bertz CT molecular complexity index is 5090. The number of phenolic OH excluding ortho intramolecular Hbond substituents is 1. The van der Waals surface area contributed by atoms with Crippen LogP contribution in [-0.2, 0) is 110 Å². The van der Waals surface area contributed by atoms with Crippen molar-refractivity contribution in [1.29, 1.82) is 0 Å². The minimum Gasteiger partial charge on any atom is -0.508 e. The molecule has 3 aromatic carbocycles. The lowest BCUT2D eigenvalue weighted by molar-refractivity contribution is -0.142. The number of primary amides is 2. The number of para-hydroxylation sites is 1. The largest absolute Gasteiger partial charge is 0.508 e. The van der Waals surface area contributed by atoms with Crippen LogP contribution in [0.1, 0.15) is 256 Å². The number of ketones is 14. The van der Waals surface area contributed by atoms with Gasteiger partial charge in [-0.25, -0.2) is 32.6 Å². The van der Waals surface area contributed by atoms with Gasteiger partial charge in [-0.3, -0.25) is 102 Å². The van der Waals surface area contributed by atoms with Gasteiger partial charge in [0.15, 0.2) is 57.8 Å². The standard InChI is InChI=1S/C107H166N20O21/c1-63(2)51-85(119-74(14)129)104(147)120-100(73(13)128)102(145)101(144)84(54-75-31-25-24-26-32-75)126-127-107(16)47-30-23-21-19-17-18-20-22-29-46-106(15,98(142)61-115-68(8)90(134)44-49-111-66(6)88(132)41-40-87(131)65(5)110-48-43-89(133)67(7)112-50-45-91(135)69(9)117-62-118-72(12)103(109)146)121-105(148)86(52-64(3)4)125-122-81(39-42-99(108)143)95(139)59-113-70(10)92(136)56-94(138)83(55-77-58-116-80-34-28-27-33-79(77)80)124-123-82(53-76-35-37-78(130)38-36-76)96(140)60-114-71(11)93(137)57-97(107)141/h18,20,24-28,31-38,58,63-73,81-86,100,110-118,122-128,130H,17,19,21-23,29-30,39-57,59-62H2,1-16H3,(H2,108,143)(H2,109,146)(H,119,129)(H,120,147)(H,121,148)/t65-,66-,67-,68-,69-,70-,71-,72+,73+,81-,82-,83-,84-,85-,86-,100-,106-,107+/m0/s1. The number of rotatable bonds is 52. The molecule has 24 N–H and O–H groups in total. The maximum absolute atomic E-state index is 15.2. The number of carbonyl (C=O) groups excluding carboxylic acids is 19. The predicted octanol–water partition coefficient (Wildman–Crippen LogP) is 2.44. The number of aliphatic hydroxyl groups is 1. The third-order valence-electron chi connectivity index (χ3n) is 26.8. The van der Waals surface area contributed by atoms with Crippen LogP contribution < -0.4 is 103 Å². The molecule has 0 aliphatic carbocycles. The number of aromatic amines is 1. The van der Waals surface area contributed by atoms with Crippen LogP contribution in [0.25, 0.3) is 10.9 Å². The summed E-state index contributed by atoms with van der Waals surface area (Å²) in [4.78, 5) is 266. The van der Waals surface area contributed by atoms with Gasteiger partial charge in [-0.1, -0.05) is 120 Å². The molecule has 0 unspecified atom stereocenters. The van der Waals surface area contributed by atoms with Gasteiger partial charge in [0.25, 0.3) is 0 Å². The van der Waals surface area contributed by atoms with Crippen molar-refractivity contribution in [2.45, 2.75) is 366 Å². The van der Waals surface area contributed by atoms with Gasteiger partial charge >= 0.3 is 0 Å². The van der Waals surface area contributed by atoms with Crippen LogP contribution in [0.2, 0.25) is 0 Å². The number of aromatic hydroxyl groups is 1. The van der Waals surface area contributed by atoms with Crippen LogP contribution in [0.5, 0.6) is 5.75 Å². The number of phenols is 1. The molecule has 41 nitrogen and oxygen atoms in total. The maximum atomic E-state index is 15.2. The molecule has 0 saturated heterocycles. The molecule has 820 valence electrons. The number of hydrogen-bond donors (Lipinski definition) is 22. The van der Waals surface area contributed by atoms with Crippen molar-refractivity contribution in [1.82, 2.24) is 96.0 Å². The number of H-pyrrole nitrogens is 1. The zero-order chi connectivity index (χ0) is 110. The average molecular weight is 2070 g/mol. The molecular formula is C107H166N20O21. The predicted molar refractivity (Wildman–Crippen MR) is 562 cm³/mol. The van der Waals surface area contributed by atoms with Gasteiger partial charge in [0.1, 0.15) is 35.4 Å². The molecule has 4 aromatic rings. The second-order valence-corrected chi connectivity index (χ2v) is 40.6. The third kappa shape index (κ3) is 46.1. The lowest BCUT2D eigenvalue weighted by Gasteiger charge is -2.33. The summed E-state index contributed by atoms with van der Waals surface area (Å²) in [5.41, 5.74) is 28.3. The molecule has 0 radical (unpaired) electrons. The first-order valence-electron chi connectivity index (χ1n) is 51.9. The van der Waals surface area contributed by atoms with Gasteiger partial charge in [0.05, 0.1) is 122 Å². The van der Waals surface area contributed by atoms with Crippen LogP contribution in [0.15, 0.2) is 97.2 Å².